The summed E-state index contributed by atoms with van der Waals surface area (Å²) in [6.45, 7) is 3.41. The molecule has 1 fully saturated rings. The smallest absolute Gasteiger partial charge is 0.353 e. The lowest BCUT2D eigenvalue weighted by molar-refractivity contribution is -0.156. The molecule has 0 radical (unpaired) electrons. The SMILES string of the molecule is Cc1nnc(SCC2=C(C(=O)O)N3C(=O)[C@H]([C@@H](C)O)[C@H]3S2)s1. The summed E-state index contributed by atoms with van der Waals surface area (Å²) < 4.78 is 0.767. The fourth-order valence-electron chi connectivity index (χ4n) is 2.42. The van der Waals surface area contributed by atoms with Gasteiger partial charge in [-0.3, -0.25) is 9.69 Å². The number of carbonyl (C=O) groups excluding carboxylic acids is 1. The quantitative estimate of drug-likeness (QED) is 0.596. The normalized spacial score (nSPS) is 25.2. The number of rotatable bonds is 5. The van der Waals surface area contributed by atoms with Gasteiger partial charge in [-0.2, -0.15) is 0 Å². The number of aliphatic carboxylic acids is 1. The maximum atomic E-state index is 12.1. The molecule has 0 aliphatic carbocycles. The van der Waals surface area contributed by atoms with Crippen molar-refractivity contribution < 1.29 is 19.8 Å². The maximum absolute atomic E-state index is 12.1. The molecule has 10 heteroatoms. The monoisotopic (exact) mass is 359 g/mol. The van der Waals surface area contributed by atoms with Crippen molar-refractivity contribution in [3.05, 3.63) is 15.6 Å². The molecule has 1 amide bonds. The number of aromatic nitrogens is 2. The molecular formula is C12H13N3O4S3. The number of carboxylic acids is 1. The van der Waals surface area contributed by atoms with E-state index in [4.69, 9.17) is 0 Å². The van der Waals surface area contributed by atoms with Crippen LogP contribution in [0.25, 0.3) is 0 Å². The molecule has 22 heavy (non-hydrogen) atoms. The number of aliphatic hydroxyl groups excluding tert-OH is 1. The van der Waals surface area contributed by atoms with E-state index in [1.165, 1.54) is 39.8 Å². The van der Waals surface area contributed by atoms with E-state index >= 15 is 0 Å². The van der Waals surface area contributed by atoms with E-state index in [9.17, 15) is 19.8 Å². The summed E-state index contributed by atoms with van der Waals surface area (Å²) in [5.41, 5.74) is 0.0330. The third kappa shape index (κ3) is 2.53. The van der Waals surface area contributed by atoms with Gasteiger partial charge >= 0.3 is 5.97 Å². The zero-order chi connectivity index (χ0) is 16.0. The van der Waals surface area contributed by atoms with Crippen LogP contribution in [0.5, 0.6) is 0 Å². The molecule has 1 aromatic heterocycles. The Kier molecular flexibility index (Phi) is 4.19. The minimum absolute atomic E-state index is 0.0330. The Morgan fingerprint density at radius 1 is 1.50 bits per heavy atom. The number of hydrogen-bond acceptors (Lipinski definition) is 8. The summed E-state index contributed by atoms with van der Waals surface area (Å²) >= 11 is 4.19. The van der Waals surface area contributed by atoms with Crippen molar-refractivity contribution >= 4 is 46.7 Å². The predicted octanol–water partition coefficient (Wildman–Crippen LogP) is 1.15. The van der Waals surface area contributed by atoms with Gasteiger partial charge in [-0.1, -0.05) is 23.1 Å². The second-order valence-corrected chi connectivity index (χ2v) is 8.55. The van der Waals surface area contributed by atoms with Gasteiger partial charge in [0.15, 0.2) is 4.34 Å². The number of carbonyl (C=O) groups is 2. The summed E-state index contributed by atoms with van der Waals surface area (Å²) in [7, 11) is 0. The van der Waals surface area contributed by atoms with E-state index in [-0.39, 0.29) is 17.0 Å². The van der Waals surface area contributed by atoms with Crippen LogP contribution in [0.15, 0.2) is 14.9 Å². The Morgan fingerprint density at radius 2 is 2.23 bits per heavy atom. The molecule has 0 spiro atoms. The molecule has 2 N–H and O–H groups in total. The van der Waals surface area contributed by atoms with Gasteiger partial charge < -0.3 is 10.2 Å². The van der Waals surface area contributed by atoms with Crippen molar-refractivity contribution in [2.75, 3.05) is 5.75 Å². The largest absolute Gasteiger partial charge is 0.477 e. The van der Waals surface area contributed by atoms with Crippen molar-refractivity contribution in [2.45, 2.75) is 29.7 Å². The molecule has 1 aromatic rings. The summed E-state index contributed by atoms with van der Waals surface area (Å²) in [4.78, 5) is 25.4. The standard InChI is InChI=1S/C12H13N3O4S3/c1-4(16)7-9(17)15-8(11(18)19)6(22-10(7)15)3-20-12-14-13-5(2)21-12/h4,7,10,16H,3H2,1-2H3,(H,18,19)/t4-,7+,10-/m1/s1. The fourth-order valence-corrected chi connectivity index (χ4v) is 5.94. The molecule has 3 atom stereocenters. The van der Waals surface area contributed by atoms with E-state index in [1.807, 2.05) is 6.92 Å². The van der Waals surface area contributed by atoms with Crippen molar-refractivity contribution in [2.24, 2.45) is 5.92 Å². The first-order valence-corrected chi connectivity index (χ1v) is 9.15. The molecule has 0 bridgehead atoms. The zero-order valence-electron chi connectivity index (χ0n) is 11.7. The first kappa shape index (κ1) is 15.8. The number of aryl methyl sites for hydroxylation is 1. The Morgan fingerprint density at radius 3 is 2.77 bits per heavy atom. The third-order valence-electron chi connectivity index (χ3n) is 3.41. The summed E-state index contributed by atoms with van der Waals surface area (Å²) in [5, 5.41) is 27.5. The Bertz CT molecular complexity index is 672. The van der Waals surface area contributed by atoms with Crippen molar-refractivity contribution in [3.63, 3.8) is 0 Å². The Hall–Kier alpha value is -1.10. The second kappa shape index (κ2) is 5.84. The van der Waals surface area contributed by atoms with Crippen LogP contribution >= 0.6 is 34.9 Å². The van der Waals surface area contributed by atoms with E-state index in [0.717, 1.165) is 9.35 Å². The van der Waals surface area contributed by atoms with Gasteiger partial charge in [-0.25, -0.2) is 4.79 Å². The van der Waals surface area contributed by atoms with Crippen molar-refractivity contribution in [3.8, 4) is 0 Å². The third-order valence-corrected chi connectivity index (χ3v) is 6.96. The second-order valence-electron chi connectivity index (χ2n) is 4.94. The van der Waals surface area contributed by atoms with Crippen LogP contribution in [-0.4, -0.2) is 54.4 Å². The van der Waals surface area contributed by atoms with Gasteiger partial charge in [0.2, 0.25) is 5.91 Å². The predicted molar refractivity (Wildman–Crippen MR) is 83.4 cm³/mol. The molecule has 3 heterocycles. The van der Waals surface area contributed by atoms with Crippen LogP contribution in [0.3, 0.4) is 0 Å². The zero-order valence-corrected chi connectivity index (χ0v) is 14.2. The van der Waals surface area contributed by atoms with Crippen LogP contribution in [0.4, 0.5) is 0 Å². The number of thioether (sulfide) groups is 2. The molecule has 3 rings (SSSR count). The van der Waals surface area contributed by atoms with Crippen LogP contribution in [0.1, 0.15) is 11.9 Å². The number of nitrogens with zero attached hydrogens (tertiary/aromatic N) is 3. The van der Waals surface area contributed by atoms with E-state index in [2.05, 4.69) is 10.2 Å². The number of carboxylic acid groups (broad SMARTS) is 1. The molecule has 2 aliphatic rings. The number of β-lactam (4-membered cyclic amide) rings is 1. The van der Waals surface area contributed by atoms with E-state index in [1.54, 1.807) is 6.92 Å². The van der Waals surface area contributed by atoms with Gasteiger partial charge in [-0.15, -0.1) is 22.0 Å². The highest BCUT2D eigenvalue weighted by atomic mass is 32.2. The molecule has 7 nitrogen and oxygen atoms in total. The highest BCUT2D eigenvalue weighted by molar-refractivity contribution is 8.07. The average Bonchev–Trinajstić information content (AvgIpc) is 2.97. The summed E-state index contributed by atoms with van der Waals surface area (Å²) in [5.74, 6) is -1.55. The van der Waals surface area contributed by atoms with Crippen LogP contribution in [-0.2, 0) is 9.59 Å². The van der Waals surface area contributed by atoms with Crippen LogP contribution < -0.4 is 0 Å². The first-order valence-electron chi connectivity index (χ1n) is 6.47. The van der Waals surface area contributed by atoms with Gasteiger partial charge in [0.1, 0.15) is 16.1 Å². The fraction of sp³-hybridized carbons (Fsp3) is 0.500. The lowest BCUT2D eigenvalue weighted by Crippen LogP contribution is -2.60. The number of amides is 1. The minimum Gasteiger partial charge on any atom is -0.477 e. The molecule has 1 saturated heterocycles. The molecule has 2 aliphatic heterocycles. The molecule has 0 aromatic carbocycles. The number of hydrogen-bond donors (Lipinski definition) is 2. The Labute approximate surface area is 138 Å². The topological polar surface area (TPSA) is 104 Å². The summed E-state index contributed by atoms with van der Waals surface area (Å²) in [6.07, 6.45) is -0.783. The van der Waals surface area contributed by atoms with Crippen LogP contribution in [0, 0.1) is 12.8 Å². The molecule has 0 saturated carbocycles. The maximum Gasteiger partial charge on any atom is 0.353 e. The van der Waals surface area contributed by atoms with Gasteiger partial charge in [-0.05, 0) is 13.8 Å². The minimum atomic E-state index is -1.11. The van der Waals surface area contributed by atoms with Gasteiger partial charge in [0.25, 0.3) is 0 Å². The van der Waals surface area contributed by atoms with Gasteiger partial charge in [0.05, 0.1) is 12.0 Å². The molecule has 118 valence electrons. The highest BCUT2D eigenvalue weighted by Crippen LogP contribution is 2.51. The van der Waals surface area contributed by atoms with E-state index < -0.39 is 18.0 Å². The van der Waals surface area contributed by atoms with Gasteiger partial charge in [0, 0.05) is 10.7 Å². The number of aliphatic hydroxyl groups is 1. The summed E-state index contributed by atoms with van der Waals surface area (Å²) in [6, 6.07) is 0. The average molecular weight is 359 g/mol. The Balaban J connectivity index is 1.78. The van der Waals surface area contributed by atoms with Crippen molar-refractivity contribution in [1.82, 2.24) is 15.1 Å². The highest BCUT2D eigenvalue weighted by Gasteiger charge is 2.57. The number of fused-ring (bicyclic) bond motifs is 1. The lowest BCUT2D eigenvalue weighted by atomic mass is 9.92. The first-order chi connectivity index (χ1) is 10.4. The van der Waals surface area contributed by atoms with Crippen molar-refractivity contribution in [1.29, 1.82) is 0 Å². The van der Waals surface area contributed by atoms with Crippen LogP contribution in [0.2, 0.25) is 0 Å². The lowest BCUT2D eigenvalue weighted by Gasteiger charge is -2.43. The molecule has 0 unspecified atom stereocenters. The van der Waals surface area contributed by atoms with E-state index in [0.29, 0.717) is 10.7 Å². The molecular weight excluding hydrogens is 346 g/mol.